The molecule has 4 rings (SSSR count). The van der Waals surface area contributed by atoms with E-state index in [1.165, 1.54) is 79.2 Å². The normalized spacial score (nSPS) is 16.6. The molecule has 0 N–H and O–H groups in total. The molecule has 2 aliphatic carbocycles. The van der Waals surface area contributed by atoms with Crippen molar-refractivity contribution in [1.29, 1.82) is 0 Å². The first-order valence-corrected chi connectivity index (χ1v) is 7.92. The average molecular weight is 455 g/mol. The van der Waals surface area contributed by atoms with Gasteiger partial charge in [-0.2, -0.15) is 0 Å². The molecule has 0 atom stereocenters. The van der Waals surface area contributed by atoms with Gasteiger partial charge in [0, 0.05) is 26.3 Å². The largest absolute Gasteiger partial charge is 0.304 e. The first-order valence-electron chi connectivity index (χ1n) is 7.92. The molecule has 0 saturated heterocycles. The van der Waals surface area contributed by atoms with Gasteiger partial charge in [0.15, 0.2) is 0 Å². The number of aromatic nitrogens is 1. The molecule has 0 fully saturated rings. The van der Waals surface area contributed by atoms with E-state index in [1.54, 1.807) is 0 Å². The van der Waals surface area contributed by atoms with E-state index in [1.807, 2.05) is 0 Å². The Labute approximate surface area is 140 Å². The molecule has 111 valence electrons. The van der Waals surface area contributed by atoms with Gasteiger partial charge >= 0.3 is 0 Å². The predicted molar refractivity (Wildman–Crippen MR) is 81.8 cm³/mol. The van der Waals surface area contributed by atoms with Gasteiger partial charge < -0.3 is 4.98 Å². The Kier molecular flexibility index (Phi) is 4.56. The molecule has 0 spiro atoms. The van der Waals surface area contributed by atoms with Crippen LogP contribution >= 0.6 is 0 Å². The summed E-state index contributed by atoms with van der Waals surface area (Å²) in [5.74, 6) is 0. The Morgan fingerprint density at radius 2 is 1.57 bits per heavy atom. The van der Waals surface area contributed by atoms with Crippen molar-refractivity contribution in [2.24, 2.45) is 0 Å². The smallest absolute Gasteiger partial charge is 0.0195 e. The monoisotopic (exact) mass is 455 g/mol. The van der Waals surface area contributed by atoms with Crippen LogP contribution in [0.5, 0.6) is 0 Å². The zero-order chi connectivity index (χ0) is 13.4. The molecule has 0 aliphatic heterocycles. The number of rotatable bonds is 1. The number of nitrogens with zero attached hydrogens (tertiary/aromatic N) is 1. The Morgan fingerprint density at radius 3 is 2.43 bits per heavy atom. The average Bonchev–Trinajstić information content (AvgIpc) is 2.54. The van der Waals surface area contributed by atoms with E-state index < -0.39 is 0 Å². The summed E-state index contributed by atoms with van der Waals surface area (Å²) in [6.07, 6.45) is 12.2. The van der Waals surface area contributed by atoms with Crippen LogP contribution in [0.1, 0.15) is 47.9 Å². The van der Waals surface area contributed by atoms with Crippen LogP contribution in [0.4, 0.5) is 0 Å². The number of hydrogen-bond donors (Lipinski definition) is 0. The molecular weight excluding hydrogens is 434 g/mol. The molecule has 1 radical (unpaired) electrons. The minimum atomic E-state index is 0. The first-order chi connectivity index (χ1) is 9.92. The van der Waals surface area contributed by atoms with E-state index in [2.05, 4.69) is 30.5 Å². The van der Waals surface area contributed by atoms with Gasteiger partial charge in [-0.3, -0.25) is 0 Å². The number of hydrogen-bond acceptors (Lipinski definition) is 1. The molecule has 0 amide bonds. The van der Waals surface area contributed by atoms with Crippen LogP contribution in [0, 0.1) is 6.07 Å². The summed E-state index contributed by atoms with van der Waals surface area (Å²) >= 11 is 0. The molecule has 21 heavy (non-hydrogen) atoms. The topological polar surface area (TPSA) is 12.9 Å². The van der Waals surface area contributed by atoms with Gasteiger partial charge in [0.05, 0.1) is 0 Å². The van der Waals surface area contributed by atoms with Gasteiger partial charge in [-0.15, -0.1) is 34.9 Å². The van der Waals surface area contributed by atoms with Crippen molar-refractivity contribution in [3.8, 4) is 11.3 Å². The summed E-state index contributed by atoms with van der Waals surface area (Å²) in [6, 6.07) is 10.1. The first kappa shape index (κ1) is 14.9. The fourth-order valence-corrected chi connectivity index (χ4v) is 3.69. The SMILES string of the molecule is [Ir].[c-]1ccc2c(c1-c1cc3c(cn1)CCCC3)CCCC2. The Morgan fingerprint density at radius 1 is 0.857 bits per heavy atom. The maximum atomic E-state index is 4.74. The Balaban J connectivity index is 0.00000132. The molecule has 0 bridgehead atoms. The van der Waals surface area contributed by atoms with Crippen LogP contribution in [0.25, 0.3) is 11.3 Å². The fourth-order valence-electron chi connectivity index (χ4n) is 3.69. The maximum Gasteiger partial charge on any atom is 0.0195 e. The van der Waals surface area contributed by atoms with Crippen LogP contribution in [-0.2, 0) is 45.8 Å². The van der Waals surface area contributed by atoms with Gasteiger partial charge in [-0.05, 0) is 43.4 Å². The molecule has 2 aliphatic rings. The second-order valence-corrected chi connectivity index (χ2v) is 6.11. The van der Waals surface area contributed by atoms with Crippen LogP contribution in [0.2, 0.25) is 0 Å². The molecule has 0 saturated carbocycles. The fraction of sp³-hybridized carbons (Fsp3) is 0.421. The maximum absolute atomic E-state index is 4.74. The molecule has 2 aromatic rings. The molecule has 0 unspecified atom stereocenters. The molecule has 2 heteroatoms. The van der Waals surface area contributed by atoms with E-state index in [9.17, 15) is 0 Å². The van der Waals surface area contributed by atoms with Crippen LogP contribution in [-0.4, -0.2) is 4.98 Å². The standard InChI is InChI=1S/C19H20N.Ir/c1-2-8-16-13-20-19(12-15(16)7-1)18-11-5-9-14-6-3-4-10-17(14)18;/h5,9,12-13H,1-4,6-8,10H2;/q-1;. The summed E-state index contributed by atoms with van der Waals surface area (Å²) in [4.78, 5) is 4.74. The summed E-state index contributed by atoms with van der Waals surface area (Å²) in [7, 11) is 0. The van der Waals surface area contributed by atoms with E-state index in [-0.39, 0.29) is 20.1 Å². The van der Waals surface area contributed by atoms with Gasteiger partial charge in [0.1, 0.15) is 0 Å². The zero-order valence-electron chi connectivity index (χ0n) is 12.2. The number of benzene rings is 1. The van der Waals surface area contributed by atoms with Crippen LogP contribution in [0.3, 0.4) is 0 Å². The third kappa shape index (κ3) is 2.84. The van der Waals surface area contributed by atoms with Gasteiger partial charge in [-0.25, -0.2) is 0 Å². The predicted octanol–water partition coefficient (Wildman–Crippen LogP) is 4.30. The van der Waals surface area contributed by atoms with Crippen molar-refractivity contribution in [2.45, 2.75) is 51.4 Å². The van der Waals surface area contributed by atoms with E-state index in [4.69, 9.17) is 4.98 Å². The van der Waals surface area contributed by atoms with Gasteiger partial charge in [0.25, 0.3) is 0 Å². The third-order valence-electron chi connectivity index (χ3n) is 4.81. The molecule has 1 aromatic heterocycles. The minimum Gasteiger partial charge on any atom is -0.304 e. The van der Waals surface area contributed by atoms with Crippen molar-refractivity contribution in [2.75, 3.05) is 0 Å². The van der Waals surface area contributed by atoms with Crippen molar-refractivity contribution in [1.82, 2.24) is 4.98 Å². The molecule has 1 heterocycles. The number of fused-ring (bicyclic) bond motifs is 2. The molecule has 1 nitrogen and oxygen atoms in total. The Bertz CT molecular complexity index is 648. The second kappa shape index (κ2) is 6.42. The summed E-state index contributed by atoms with van der Waals surface area (Å²) in [5, 5.41) is 0. The zero-order valence-corrected chi connectivity index (χ0v) is 14.6. The van der Waals surface area contributed by atoms with Crippen molar-refractivity contribution < 1.29 is 20.1 Å². The summed E-state index contributed by atoms with van der Waals surface area (Å²) in [6.45, 7) is 0. The van der Waals surface area contributed by atoms with E-state index >= 15 is 0 Å². The van der Waals surface area contributed by atoms with E-state index in [0.717, 1.165) is 5.69 Å². The minimum absolute atomic E-state index is 0. The quantitative estimate of drug-likeness (QED) is 0.586. The second-order valence-electron chi connectivity index (χ2n) is 6.11. The Hall–Kier alpha value is -0.981. The summed E-state index contributed by atoms with van der Waals surface area (Å²) < 4.78 is 0. The number of aryl methyl sites for hydroxylation is 3. The number of pyridine rings is 1. The van der Waals surface area contributed by atoms with E-state index in [0.29, 0.717) is 0 Å². The van der Waals surface area contributed by atoms with Crippen molar-refractivity contribution >= 4 is 0 Å². The molecule has 1 aromatic carbocycles. The van der Waals surface area contributed by atoms with Crippen LogP contribution < -0.4 is 0 Å². The van der Waals surface area contributed by atoms with Crippen LogP contribution in [0.15, 0.2) is 24.4 Å². The van der Waals surface area contributed by atoms with Gasteiger partial charge in [-0.1, -0.05) is 30.9 Å². The van der Waals surface area contributed by atoms with Crippen molar-refractivity contribution in [3.05, 3.63) is 52.7 Å². The molecular formula is C19H20IrN-. The van der Waals surface area contributed by atoms with Gasteiger partial charge in [0.2, 0.25) is 0 Å². The summed E-state index contributed by atoms with van der Waals surface area (Å²) in [5.41, 5.74) is 8.40. The third-order valence-corrected chi connectivity index (χ3v) is 4.81. The van der Waals surface area contributed by atoms with Crippen molar-refractivity contribution in [3.63, 3.8) is 0 Å².